The van der Waals surface area contributed by atoms with Crippen LogP contribution in [-0.4, -0.2) is 18.1 Å². The Balaban J connectivity index is 1.79. The Morgan fingerprint density at radius 2 is 1.95 bits per heavy atom. The second kappa shape index (κ2) is 7.57. The summed E-state index contributed by atoms with van der Waals surface area (Å²) in [6.45, 7) is 6.46. The lowest BCUT2D eigenvalue weighted by Gasteiger charge is -2.18. The summed E-state index contributed by atoms with van der Waals surface area (Å²) in [5, 5.41) is 6.90. The number of hydrogen-bond acceptors (Lipinski definition) is 4. The first-order chi connectivity index (χ1) is 10.1. The molecule has 1 aromatic carbocycles. The molecular formula is C17H24N2OS. The van der Waals surface area contributed by atoms with E-state index in [-0.39, 0.29) is 0 Å². The molecule has 0 aliphatic carbocycles. The van der Waals surface area contributed by atoms with Crippen LogP contribution < -0.4 is 10.1 Å². The Hall–Kier alpha value is -1.39. The van der Waals surface area contributed by atoms with Crippen LogP contribution in [0.15, 0.2) is 29.6 Å². The maximum atomic E-state index is 5.18. The van der Waals surface area contributed by atoms with Gasteiger partial charge in [-0.15, -0.1) is 11.3 Å². The number of ether oxygens (including phenoxy) is 1. The average Bonchev–Trinajstić information content (AvgIpc) is 2.92. The van der Waals surface area contributed by atoms with Crippen LogP contribution in [0.3, 0.4) is 0 Å². The summed E-state index contributed by atoms with van der Waals surface area (Å²) in [6.07, 6.45) is 2.18. The highest BCUT2D eigenvalue weighted by atomic mass is 32.1. The second-order valence-corrected chi connectivity index (χ2v) is 6.39. The molecule has 1 aromatic heterocycles. The molecule has 2 rings (SSSR count). The maximum Gasteiger partial charge on any atom is 0.118 e. The first-order valence-corrected chi connectivity index (χ1v) is 8.27. The van der Waals surface area contributed by atoms with Crippen LogP contribution in [-0.2, 0) is 6.42 Å². The summed E-state index contributed by atoms with van der Waals surface area (Å²) in [6, 6.07) is 9.10. The van der Waals surface area contributed by atoms with Crippen molar-refractivity contribution >= 4 is 11.3 Å². The lowest BCUT2D eigenvalue weighted by atomic mass is 10.1. The fourth-order valence-electron chi connectivity index (χ4n) is 2.33. The SMILES string of the molecule is COc1ccc(CCC(C)NC(C)c2nc(C)cs2)cc1. The number of nitrogens with zero attached hydrogens (tertiary/aromatic N) is 1. The third-order valence-corrected chi connectivity index (χ3v) is 4.71. The quantitative estimate of drug-likeness (QED) is 0.835. The smallest absolute Gasteiger partial charge is 0.118 e. The van der Waals surface area contributed by atoms with Crippen molar-refractivity contribution in [2.45, 2.75) is 45.7 Å². The minimum Gasteiger partial charge on any atom is -0.497 e. The number of methoxy groups -OCH3 is 1. The van der Waals surface area contributed by atoms with Crippen molar-refractivity contribution in [3.05, 3.63) is 45.9 Å². The lowest BCUT2D eigenvalue weighted by molar-refractivity contribution is 0.414. The topological polar surface area (TPSA) is 34.1 Å². The first-order valence-electron chi connectivity index (χ1n) is 7.39. The molecule has 0 aliphatic heterocycles. The maximum absolute atomic E-state index is 5.18. The van der Waals surface area contributed by atoms with Crippen molar-refractivity contribution in [3.63, 3.8) is 0 Å². The summed E-state index contributed by atoms with van der Waals surface area (Å²) in [4.78, 5) is 4.54. The van der Waals surface area contributed by atoms with Gasteiger partial charge in [0.25, 0.3) is 0 Å². The zero-order valence-corrected chi connectivity index (χ0v) is 14.0. The van der Waals surface area contributed by atoms with Crippen LogP contribution in [0.25, 0.3) is 0 Å². The van der Waals surface area contributed by atoms with Crippen molar-refractivity contribution in [1.29, 1.82) is 0 Å². The standard InChI is InChI=1S/C17H24N2OS/c1-12(18-14(3)17-19-13(2)11-21-17)5-6-15-7-9-16(20-4)10-8-15/h7-12,14,18H,5-6H2,1-4H3. The van der Waals surface area contributed by atoms with Gasteiger partial charge < -0.3 is 10.1 Å². The normalized spacial score (nSPS) is 13.9. The van der Waals surface area contributed by atoms with Crippen LogP contribution in [0, 0.1) is 6.92 Å². The largest absolute Gasteiger partial charge is 0.497 e. The first kappa shape index (κ1) is 16.0. The van der Waals surface area contributed by atoms with Gasteiger partial charge in [-0.1, -0.05) is 12.1 Å². The van der Waals surface area contributed by atoms with E-state index in [4.69, 9.17) is 4.74 Å². The predicted molar refractivity (Wildman–Crippen MR) is 89.2 cm³/mol. The van der Waals surface area contributed by atoms with E-state index in [1.165, 1.54) is 10.6 Å². The van der Waals surface area contributed by atoms with Crippen molar-refractivity contribution in [3.8, 4) is 5.75 Å². The van der Waals surface area contributed by atoms with Crippen molar-refractivity contribution in [1.82, 2.24) is 10.3 Å². The number of hydrogen-bond donors (Lipinski definition) is 1. The van der Waals surface area contributed by atoms with E-state index in [9.17, 15) is 0 Å². The van der Waals surface area contributed by atoms with Gasteiger partial charge in [-0.05, 0) is 51.3 Å². The molecule has 0 aliphatic rings. The molecule has 2 aromatic rings. The molecule has 0 radical (unpaired) electrons. The van der Waals surface area contributed by atoms with E-state index in [0.29, 0.717) is 12.1 Å². The van der Waals surface area contributed by atoms with E-state index in [1.54, 1.807) is 18.4 Å². The number of thiazole rings is 1. The Morgan fingerprint density at radius 3 is 2.52 bits per heavy atom. The van der Waals surface area contributed by atoms with Crippen LogP contribution in [0.2, 0.25) is 0 Å². The molecule has 2 atom stereocenters. The fraction of sp³-hybridized carbons (Fsp3) is 0.471. The van der Waals surface area contributed by atoms with Gasteiger partial charge in [0, 0.05) is 17.1 Å². The van der Waals surface area contributed by atoms with Gasteiger partial charge in [0.2, 0.25) is 0 Å². The van der Waals surface area contributed by atoms with Crippen LogP contribution in [0.4, 0.5) is 0 Å². The van der Waals surface area contributed by atoms with Crippen molar-refractivity contribution in [2.75, 3.05) is 7.11 Å². The van der Waals surface area contributed by atoms with Crippen LogP contribution in [0.1, 0.15) is 42.6 Å². The third kappa shape index (κ3) is 4.83. The van der Waals surface area contributed by atoms with Gasteiger partial charge in [-0.2, -0.15) is 0 Å². The molecule has 1 heterocycles. The minimum atomic E-state index is 0.314. The van der Waals surface area contributed by atoms with E-state index in [1.807, 2.05) is 19.1 Å². The number of benzene rings is 1. The summed E-state index contributed by atoms with van der Waals surface area (Å²) >= 11 is 1.73. The van der Waals surface area contributed by atoms with Crippen molar-refractivity contribution in [2.24, 2.45) is 0 Å². The molecule has 0 saturated heterocycles. The Bertz CT molecular complexity index is 550. The molecule has 1 N–H and O–H groups in total. The number of nitrogens with one attached hydrogen (secondary N) is 1. The molecule has 0 spiro atoms. The van der Waals surface area contributed by atoms with E-state index in [2.05, 4.69) is 41.7 Å². The zero-order chi connectivity index (χ0) is 15.2. The van der Waals surface area contributed by atoms with Gasteiger partial charge in [0.05, 0.1) is 13.2 Å². The van der Waals surface area contributed by atoms with Crippen molar-refractivity contribution < 1.29 is 4.74 Å². The van der Waals surface area contributed by atoms with Gasteiger partial charge in [-0.25, -0.2) is 4.98 Å². The predicted octanol–water partition coefficient (Wildman–Crippen LogP) is 4.13. The highest BCUT2D eigenvalue weighted by Gasteiger charge is 2.12. The van der Waals surface area contributed by atoms with Crippen LogP contribution in [0.5, 0.6) is 5.75 Å². The highest BCUT2D eigenvalue weighted by Crippen LogP contribution is 2.19. The highest BCUT2D eigenvalue weighted by molar-refractivity contribution is 7.09. The summed E-state index contributed by atoms with van der Waals surface area (Å²) in [5.74, 6) is 0.915. The molecule has 2 unspecified atom stereocenters. The molecule has 21 heavy (non-hydrogen) atoms. The number of aryl methyl sites for hydroxylation is 2. The molecule has 4 heteroatoms. The Kier molecular flexibility index (Phi) is 5.76. The van der Waals surface area contributed by atoms with E-state index in [0.717, 1.165) is 24.3 Å². The van der Waals surface area contributed by atoms with Gasteiger partial charge in [-0.3, -0.25) is 0 Å². The van der Waals surface area contributed by atoms with E-state index < -0.39 is 0 Å². The van der Waals surface area contributed by atoms with Crippen LogP contribution >= 0.6 is 11.3 Å². The molecule has 114 valence electrons. The van der Waals surface area contributed by atoms with Gasteiger partial charge >= 0.3 is 0 Å². The molecule has 0 fully saturated rings. The Morgan fingerprint density at radius 1 is 1.24 bits per heavy atom. The lowest BCUT2D eigenvalue weighted by Crippen LogP contribution is -2.29. The number of aromatic nitrogens is 1. The molecular weight excluding hydrogens is 280 g/mol. The molecule has 3 nitrogen and oxygen atoms in total. The Labute approximate surface area is 131 Å². The number of rotatable bonds is 7. The van der Waals surface area contributed by atoms with Gasteiger partial charge in [0.15, 0.2) is 0 Å². The zero-order valence-electron chi connectivity index (χ0n) is 13.2. The average molecular weight is 304 g/mol. The molecule has 0 saturated carbocycles. The monoisotopic (exact) mass is 304 g/mol. The molecule has 0 amide bonds. The summed E-state index contributed by atoms with van der Waals surface area (Å²) in [5.41, 5.74) is 2.46. The summed E-state index contributed by atoms with van der Waals surface area (Å²) in [7, 11) is 1.70. The fourth-order valence-corrected chi connectivity index (χ4v) is 3.14. The van der Waals surface area contributed by atoms with E-state index >= 15 is 0 Å². The third-order valence-electron chi connectivity index (χ3n) is 3.57. The minimum absolute atomic E-state index is 0.314. The summed E-state index contributed by atoms with van der Waals surface area (Å²) < 4.78 is 5.18. The van der Waals surface area contributed by atoms with Gasteiger partial charge in [0.1, 0.15) is 10.8 Å². The second-order valence-electron chi connectivity index (χ2n) is 5.50. The molecule has 0 bridgehead atoms.